The fraction of sp³-hybridized carbons (Fsp3) is 0.455. The van der Waals surface area contributed by atoms with Crippen molar-refractivity contribution in [2.45, 2.75) is 24.7 Å². The molecule has 0 spiro atoms. The van der Waals surface area contributed by atoms with Gasteiger partial charge in [-0.2, -0.15) is 0 Å². The second kappa shape index (κ2) is 5.45. The molecular formula is C11H15NO5S. The number of nitrogens with zero attached hydrogens (tertiary/aromatic N) is 1. The van der Waals surface area contributed by atoms with Crippen LogP contribution in [0.25, 0.3) is 0 Å². The zero-order valence-electron chi connectivity index (χ0n) is 10.1. The molecule has 0 bridgehead atoms. The quantitative estimate of drug-likeness (QED) is 0.646. The average Bonchev–Trinajstić information content (AvgIpc) is 2.28. The van der Waals surface area contributed by atoms with Gasteiger partial charge >= 0.3 is 0 Å². The predicted molar refractivity (Wildman–Crippen MR) is 67.0 cm³/mol. The Morgan fingerprint density at radius 3 is 2.50 bits per heavy atom. The van der Waals surface area contributed by atoms with Gasteiger partial charge in [-0.1, -0.05) is 19.1 Å². The monoisotopic (exact) mass is 273 g/mol. The molecule has 100 valence electrons. The smallest absolute Gasteiger partial charge is 0.269 e. The number of aliphatic hydroxyl groups is 1. The molecule has 0 saturated heterocycles. The van der Waals surface area contributed by atoms with Gasteiger partial charge in [0.25, 0.3) is 5.69 Å². The van der Waals surface area contributed by atoms with Crippen molar-refractivity contribution >= 4 is 15.5 Å². The van der Waals surface area contributed by atoms with Gasteiger partial charge < -0.3 is 5.11 Å². The summed E-state index contributed by atoms with van der Waals surface area (Å²) in [5, 5.41) is 19.7. The average molecular weight is 273 g/mol. The normalized spacial score (nSPS) is 15.1. The maximum Gasteiger partial charge on any atom is 0.269 e. The Morgan fingerprint density at radius 1 is 1.44 bits per heavy atom. The Labute approximate surface area is 105 Å². The first-order chi connectivity index (χ1) is 8.27. The summed E-state index contributed by atoms with van der Waals surface area (Å²) in [6.45, 7) is 1.65. The zero-order chi connectivity index (χ0) is 13.9. The van der Waals surface area contributed by atoms with Crippen LogP contribution < -0.4 is 0 Å². The van der Waals surface area contributed by atoms with Crippen molar-refractivity contribution in [3.05, 3.63) is 39.9 Å². The fourth-order valence-corrected chi connectivity index (χ4v) is 3.03. The molecule has 1 rings (SSSR count). The van der Waals surface area contributed by atoms with Gasteiger partial charge in [-0.25, -0.2) is 8.42 Å². The van der Waals surface area contributed by atoms with E-state index >= 15 is 0 Å². The van der Waals surface area contributed by atoms with Crippen LogP contribution in [0.1, 0.15) is 25.0 Å². The van der Waals surface area contributed by atoms with E-state index in [0.29, 0.717) is 0 Å². The molecule has 0 unspecified atom stereocenters. The molecule has 0 aliphatic carbocycles. The highest BCUT2D eigenvalue weighted by Crippen LogP contribution is 2.26. The number of rotatable bonds is 5. The molecule has 0 saturated carbocycles. The number of sulfone groups is 1. The van der Waals surface area contributed by atoms with Crippen molar-refractivity contribution in [2.24, 2.45) is 0 Å². The summed E-state index contributed by atoms with van der Waals surface area (Å²) in [5.74, 6) is 0. The molecule has 1 N–H and O–H groups in total. The molecule has 0 aliphatic rings. The Kier molecular flexibility index (Phi) is 4.42. The lowest BCUT2D eigenvalue weighted by atomic mass is 10.0. The molecule has 0 radical (unpaired) electrons. The van der Waals surface area contributed by atoms with E-state index in [9.17, 15) is 23.6 Å². The van der Waals surface area contributed by atoms with Crippen LogP contribution in [-0.2, 0) is 9.84 Å². The van der Waals surface area contributed by atoms with Crippen LogP contribution in [0, 0.1) is 10.1 Å². The van der Waals surface area contributed by atoms with Crippen molar-refractivity contribution < 1.29 is 18.4 Å². The van der Waals surface area contributed by atoms with Gasteiger partial charge in [-0.3, -0.25) is 10.1 Å². The predicted octanol–water partition coefficient (Wildman–Crippen LogP) is 1.45. The van der Waals surface area contributed by atoms with Crippen molar-refractivity contribution in [3.63, 3.8) is 0 Å². The molecule has 0 aliphatic heterocycles. The summed E-state index contributed by atoms with van der Waals surface area (Å²) in [7, 11) is -3.42. The number of hydrogen-bond acceptors (Lipinski definition) is 5. The maximum absolute atomic E-state index is 11.5. The van der Waals surface area contributed by atoms with Gasteiger partial charge in [0, 0.05) is 18.4 Å². The van der Waals surface area contributed by atoms with E-state index in [4.69, 9.17) is 0 Å². The van der Waals surface area contributed by atoms with Crippen molar-refractivity contribution in [1.82, 2.24) is 0 Å². The summed E-state index contributed by atoms with van der Waals surface area (Å²) in [6.07, 6.45) is 0.0228. The topological polar surface area (TPSA) is 97.5 Å². The lowest BCUT2D eigenvalue weighted by molar-refractivity contribution is -0.385. The second-order valence-electron chi connectivity index (χ2n) is 4.07. The number of aliphatic hydroxyl groups excluding tert-OH is 1. The molecule has 2 atom stereocenters. The van der Waals surface area contributed by atoms with Gasteiger partial charge in [0.05, 0.1) is 16.3 Å². The standard InChI is InChI=1S/C11H15NO5S/c1-3-10(18(2,16)17)11(13)8-5-4-6-9(7-8)12(14)15/h4-7,10-11,13H,3H2,1-2H3/t10-,11-/m1/s1. The highest BCUT2D eigenvalue weighted by molar-refractivity contribution is 7.91. The van der Waals surface area contributed by atoms with Crippen LogP contribution in [0.15, 0.2) is 24.3 Å². The van der Waals surface area contributed by atoms with Gasteiger partial charge in [-0.05, 0) is 12.0 Å². The van der Waals surface area contributed by atoms with E-state index in [-0.39, 0.29) is 17.7 Å². The van der Waals surface area contributed by atoms with Crippen LogP contribution in [0.2, 0.25) is 0 Å². The highest BCUT2D eigenvalue weighted by Gasteiger charge is 2.29. The third-order valence-corrected chi connectivity index (χ3v) is 4.42. The molecule has 1 aromatic rings. The first kappa shape index (κ1) is 14.6. The maximum atomic E-state index is 11.5. The number of benzene rings is 1. The zero-order valence-corrected chi connectivity index (χ0v) is 10.9. The van der Waals surface area contributed by atoms with Crippen LogP contribution in [0.3, 0.4) is 0 Å². The number of non-ortho nitro benzene ring substituents is 1. The van der Waals surface area contributed by atoms with Crippen molar-refractivity contribution in [3.8, 4) is 0 Å². The van der Waals surface area contributed by atoms with Crippen molar-refractivity contribution in [1.29, 1.82) is 0 Å². The number of nitro benzene ring substituents is 1. The van der Waals surface area contributed by atoms with Crippen LogP contribution in [-0.4, -0.2) is 30.0 Å². The summed E-state index contributed by atoms with van der Waals surface area (Å²) in [5.41, 5.74) is 0.0661. The van der Waals surface area contributed by atoms with E-state index in [1.165, 1.54) is 24.3 Å². The van der Waals surface area contributed by atoms with E-state index in [1.54, 1.807) is 6.92 Å². The van der Waals surface area contributed by atoms with Crippen molar-refractivity contribution in [2.75, 3.05) is 6.26 Å². The van der Waals surface area contributed by atoms with Crippen LogP contribution in [0.5, 0.6) is 0 Å². The van der Waals surface area contributed by atoms with E-state index in [0.717, 1.165) is 6.26 Å². The summed E-state index contributed by atoms with van der Waals surface area (Å²) in [6, 6.07) is 5.38. The Morgan fingerprint density at radius 2 is 2.06 bits per heavy atom. The molecule has 6 nitrogen and oxygen atoms in total. The first-order valence-corrected chi connectivity index (χ1v) is 7.34. The molecule has 18 heavy (non-hydrogen) atoms. The van der Waals surface area contributed by atoms with Crippen LogP contribution in [0.4, 0.5) is 5.69 Å². The third kappa shape index (κ3) is 3.27. The lowest BCUT2D eigenvalue weighted by Gasteiger charge is -2.19. The minimum Gasteiger partial charge on any atom is -0.387 e. The molecule has 7 heteroatoms. The Balaban J connectivity index is 3.13. The van der Waals surface area contributed by atoms with E-state index in [2.05, 4.69) is 0 Å². The van der Waals surface area contributed by atoms with Gasteiger partial charge in [0.2, 0.25) is 0 Å². The molecule has 0 fully saturated rings. The minimum atomic E-state index is -3.42. The van der Waals surface area contributed by atoms with Gasteiger partial charge in [0.15, 0.2) is 9.84 Å². The SMILES string of the molecule is CC[C@H]([C@H](O)c1cccc([N+](=O)[O-])c1)S(C)(=O)=O. The summed E-state index contributed by atoms with van der Waals surface area (Å²) in [4.78, 5) is 10.0. The fourth-order valence-electron chi connectivity index (χ4n) is 1.80. The summed E-state index contributed by atoms with van der Waals surface area (Å²) >= 11 is 0. The second-order valence-corrected chi connectivity index (χ2v) is 6.34. The van der Waals surface area contributed by atoms with Gasteiger partial charge in [-0.15, -0.1) is 0 Å². The summed E-state index contributed by atoms with van der Waals surface area (Å²) < 4.78 is 23.0. The number of nitro groups is 1. The largest absolute Gasteiger partial charge is 0.387 e. The molecule has 1 aromatic carbocycles. The Bertz CT molecular complexity index is 540. The van der Waals surface area contributed by atoms with E-state index < -0.39 is 26.1 Å². The minimum absolute atomic E-state index is 0.171. The molecule has 0 aromatic heterocycles. The number of hydrogen-bond donors (Lipinski definition) is 1. The first-order valence-electron chi connectivity index (χ1n) is 5.38. The van der Waals surface area contributed by atoms with E-state index in [1.807, 2.05) is 0 Å². The van der Waals surface area contributed by atoms with Crippen LogP contribution >= 0.6 is 0 Å². The molecular weight excluding hydrogens is 258 g/mol. The van der Waals surface area contributed by atoms with Gasteiger partial charge in [0.1, 0.15) is 0 Å². The molecule has 0 amide bonds. The third-order valence-electron chi connectivity index (χ3n) is 2.73. The lowest BCUT2D eigenvalue weighted by Crippen LogP contribution is -2.26. The Hall–Kier alpha value is -1.47. The highest BCUT2D eigenvalue weighted by atomic mass is 32.2. The molecule has 0 heterocycles.